The molecular weight excluding hydrogens is 238 g/mol. The van der Waals surface area contributed by atoms with E-state index in [1.54, 1.807) is 24.7 Å². The van der Waals surface area contributed by atoms with E-state index in [0.29, 0.717) is 11.0 Å². The second-order valence-electron chi connectivity index (χ2n) is 3.49. The Morgan fingerprint density at radius 2 is 2.06 bits per heavy atom. The van der Waals surface area contributed by atoms with Crippen LogP contribution in [-0.4, -0.2) is 9.97 Å². The van der Waals surface area contributed by atoms with E-state index in [2.05, 4.69) is 15.3 Å². The zero-order valence-electron chi connectivity index (χ0n) is 8.72. The predicted molar refractivity (Wildman–Crippen MR) is 66.5 cm³/mol. The summed E-state index contributed by atoms with van der Waals surface area (Å²) in [6, 6.07) is 7.33. The third-order valence-electron chi connectivity index (χ3n) is 2.36. The van der Waals surface area contributed by atoms with Gasteiger partial charge >= 0.3 is 0 Å². The van der Waals surface area contributed by atoms with Gasteiger partial charge in [0.15, 0.2) is 11.4 Å². The zero-order valence-corrected chi connectivity index (χ0v) is 9.48. The van der Waals surface area contributed by atoms with Gasteiger partial charge in [0.1, 0.15) is 5.15 Å². The Morgan fingerprint density at radius 1 is 1.12 bits per heavy atom. The van der Waals surface area contributed by atoms with Crippen LogP contribution in [0, 0.1) is 0 Å². The highest BCUT2D eigenvalue weighted by Gasteiger charge is 2.05. The number of nitrogens with zero attached hydrogens (tertiary/aromatic N) is 2. The largest absolute Gasteiger partial charge is 0.460 e. The van der Waals surface area contributed by atoms with Crippen molar-refractivity contribution in [1.29, 1.82) is 0 Å². The highest BCUT2D eigenvalue weighted by molar-refractivity contribution is 6.29. The predicted octanol–water partition coefficient (Wildman–Crippen LogP) is 3.62. The molecule has 0 spiro atoms. The molecule has 3 aromatic heterocycles. The molecule has 5 heteroatoms. The summed E-state index contributed by atoms with van der Waals surface area (Å²) in [6.45, 7) is 0. The first kappa shape index (κ1) is 10.1. The maximum absolute atomic E-state index is 5.72. The Morgan fingerprint density at radius 3 is 2.88 bits per heavy atom. The molecule has 0 aliphatic rings. The summed E-state index contributed by atoms with van der Waals surface area (Å²) in [5, 5.41) is 4.60. The smallest absolute Gasteiger partial charge is 0.176 e. The molecule has 0 saturated carbocycles. The Balaban J connectivity index is 1.99. The van der Waals surface area contributed by atoms with Gasteiger partial charge < -0.3 is 9.73 Å². The van der Waals surface area contributed by atoms with Crippen LogP contribution in [0.25, 0.3) is 11.0 Å². The summed E-state index contributed by atoms with van der Waals surface area (Å²) in [5.74, 6) is 0.664. The van der Waals surface area contributed by atoms with Gasteiger partial charge in [0, 0.05) is 11.6 Å². The van der Waals surface area contributed by atoms with Gasteiger partial charge in [-0.1, -0.05) is 11.6 Å². The topological polar surface area (TPSA) is 51.0 Å². The molecule has 0 amide bonds. The molecular formula is C12H8ClN3O. The van der Waals surface area contributed by atoms with Gasteiger partial charge in [-0.05, 0) is 24.3 Å². The SMILES string of the molecule is Clc1ccc(Nc2nccc3ccoc23)cn1. The van der Waals surface area contributed by atoms with E-state index in [4.69, 9.17) is 16.0 Å². The average molecular weight is 246 g/mol. The molecule has 3 rings (SSSR count). The van der Waals surface area contributed by atoms with E-state index >= 15 is 0 Å². The van der Waals surface area contributed by atoms with E-state index in [1.165, 1.54) is 0 Å². The van der Waals surface area contributed by atoms with Crippen LogP contribution in [0.15, 0.2) is 47.3 Å². The maximum Gasteiger partial charge on any atom is 0.176 e. The van der Waals surface area contributed by atoms with Crippen molar-refractivity contribution < 1.29 is 4.42 Å². The minimum absolute atomic E-state index is 0.458. The van der Waals surface area contributed by atoms with Gasteiger partial charge in [-0.2, -0.15) is 0 Å². The molecule has 3 aromatic rings. The second-order valence-corrected chi connectivity index (χ2v) is 3.88. The minimum atomic E-state index is 0.458. The normalized spacial score (nSPS) is 10.6. The number of pyridine rings is 2. The monoisotopic (exact) mass is 245 g/mol. The number of anilines is 2. The molecule has 0 aromatic carbocycles. The summed E-state index contributed by atoms with van der Waals surface area (Å²) in [7, 11) is 0. The molecule has 84 valence electrons. The molecule has 3 heterocycles. The molecule has 4 nitrogen and oxygen atoms in total. The number of hydrogen-bond acceptors (Lipinski definition) is 4. The van der Waals surface area contributed by atoms with Crippen LogP contribution in [0.4, 0.5) is 11.5 Å². The first-order valence-corrected chi connectivity index (χ1v) is 5.41. The van der Waals surface area contributed by atoms with Gasteiger partial charge in [0.05, 0.1) is 18.1 Å². The molecule has 0 fully saturated rings. The van der Waals surface area contributed by atoms with Crippen LogP contribution in [-0.2, 0) is 0 Å². The van der Waals surface area contributed by atoms with Crippen LogP contribution in [0.2, 0.25) is 5.15 Å². The van der Waals surface area contributed by atoms with Crippen LogP contribution < -0.4 is 5.32 Å². The lowest BCUT2D eigenvalue weighted by molar-refractivity contribution is 0.615. The third-order valence-corrected chi connectivity index (χ3v) is 2.58. The molecule has 1 N–H and O–H groups in total. The summed E-state index contributed by atoms with van der Waals surface area (Å²) in [6.07, 6.45) is 5.01. The second kappa shape index (κ2) is 4.07. The maximum atomic E-state index is 5.72. The van der Waals surface area contributed by atoms with Gasteiger partial charge in [-0.3, -0.25) is 0 Å². The quantitative estimate of drug-likeness (QED) is 0.701. The zero-order chi connectivity index (χ0) is 11.7. The molecule has 0 aliphatic heterocycles. The lowest BCUT2D eigenvalue weighted by atomic mass is 10.3. The number of furan rings is 1. The van der Waals surface area contributed by atoms with E-state index in [-0.39, 0.29) is 0 Å². The highest BCUT2D eigenvalue weighted by Crippen LogP contribution is 2.24. The number of rotatable bonds is 2. The average Bonchev–Trinajstić information content (AvgIpc) is 2.81. The Labute approximate surface area is 102 Å². The highest BCUT2D eigenvalue weighted by atomic mass is 35.5. The molecule has 0 radical (unpaired) electrons. The van der Waals surface area contributed by atoms with E-state index in [0.717, 1.165) is 16.7 Å². The first-order valence-electron chi connectivity index (χ1n) is 5.04. The fraction of sp³-hybridized carbons (Fsp3) is 0. The molecule has 0 unspecified atom stereocenters. The summed E-state index contributed by atoms with van der Waals surface area (Å²) < 4.78 is 5.37. The van der Waals surface area contributed by atoms with Crippen LogP contribution >= 0.6 is 11.6 Å². The van der Waals surface area contributed by atoms with Crippen molar-refractivity contribution >= 4 is 34.1 Å². The number of aromatic nitrogens is 2. The first-order chi connectivity index (χ1) is 8.33. The van der Waals surface area contributed by atoms with Crippen molar-refractivity contribution in [1.82, 2.24) is 9.97 Å². The van der Waals surface area contributed by atoms with Crippen molar-refractivity contribution in [2.24, 2.45) is 0 Å². The summed E-state index contributed by atoms with van der Waals surface area (Å²) in [5.41, 5.74) is 1.54. The number of halogens is 1. The molecule has 17 heavy (non-hydrogen) atoms. The lowest BCUT2D eigenvalue weighted by Crippen LogP contribution is -1.93. The lowest BCUT2D eigenvalue weighted by Gasteiger charge is -2.04. The van der Waals surface area contributed by atoms with Gasteiger partial charge in [-0.25, -0.2) is 9.97 Å². The molecule has 0 saturated heterocycles. The standard InChI is InChI=1S/C12H8ClN3O/c13-10-2-1-9(7-15-10)16-12-11-8(3-5-14-12)4-6-17-11/h1-7H,(H,14,16). The molecule has 0 aliphatic carbocycles. The van der Waals surface area contributed by atoms with E-state index < -0.39 is 0 Å². The van der Waals surface area contributed by atoms with Crippen molar-refractivity contribution in [2.75, 3.05) is 5.32 Å². The Hall–Kier alpha value is -2.07. The number of nitrogens with one attached hydrogen (secondary N) is 1. The number of fused-ring (bicyclic) bond motifs is 1. The van der Waals surface area contributed by atoms with Crippen molar-refractivity contribution in [3.05, 3.63) is 48.1 Å². The summed E-state index contributed by atoms with van der Waals surface area (Å²) >= 11 is 5.72. The van der Waals surface area contributed by atoms with Crippen LogP contribution in [0.5, 0.6) is 0 Å². The van der Waals surface area contributed by atoms with Gasteiger partial charge in [0.25, 0.3) is 0 Å². The molecule has 0 atom stereocenters. The fourth-order valence-corrected chi connectivity index (χ4v) is 1.68. The molecule has 0 bridgehead atoms. The Kier molecular flexibility index (Phi) is 2.42. The fourth-order valence-electron chi connectivity index (χ4n) is 1.57. The van der Waals surface area contributed by atoms with E-state index in [9.17, 15) is 0 Å². The van der Waals surface area contributed by atoms with Crippen molar-refractivity contribution in [3.63, 3.8) is 0 Å². The Bertz CT molecular complexity index is 648. The van der Waals surface area contributed by atoms with E-state index in [1.807, 2.05) is 18.2 Å². The van der Waals surface area contributed by atoms with Gasteiger partial charge in [0.2, 0.25) is 0 Å². The summed E-state index contributed by atoms with van der Waals surface area (Å²) in [4.78, 5) is 8.22. The number of hydrogen-bond donors (Lipinski definition) is 1. The van der Waals surface area contributed by atoms with Crippen molar-refractivity contribution in [2.45, 2.75) is 0 Å². The minimum Gasteiger partial charge on any atom is -0.460 e. The third kappa shape index (κ3) is 1.94. The van der Waals surface area contributed by atoms with Gasteiger partial charge in [-0.15, -0.1) is 0 Å². The van der Waals surface area contributed by atoms with Crippen molar-refractivity contribution in [3.8, 4) is 0 Å². The van der Waals surface area contributed by atoms with Crippen LogP contribution in [0.3, 0.4) is 0 Å². The van der Waals surface area contributed by atoms with Crippen LogP contribution in [0.1, 0.15) is 0 Å².